The van der Waals surface area contributed by atoms with E-state index in [1.807, 2.05) is 4.90 Å². The number of carbonyl (C=O) groups is 1. The summed E-state index contributed by atoms with van der Waals surface area (Å²) in [6, 6.07) is 0.730. The molecule has 0 aromatic carbocycles. The molecule has 2 aliphatic rings. The second kappa shape index (κ2) is 5.75. The molecule has 3 rings (SSSR count). The quantitative estimate of drug-likeness (QED) is 0.862. The molecule has 1 aromatic heterocycles. The van der Waals surface area contributed by atoms with Crippen LogP contribution in [0.1, 0.15) is 36.2 Å². The molecule has 2 heterocycles. The first kappa shape index (κ1) is 13.3. The van der Waals surface area contributed by atoms with Gasteiger partial charge in [0.05, 0.1) is 0 Å². The van der Waals surface area contributed by atoms with Crippen LogP contribution in [0.4, 0.5) is 5.82 Å². The number of anilines is 1. The number of hydrogen-bond acceptors (Lipinski definition) is 5. The Morgan fingerprint density at radius 3 is 2.40 bits per heavy atom. The number of nitrogens with zero attached hydrogens (tertiary/aromatic N) is 4. The van der Waals surface area contributed by atoms with Gasteiger partial charge in [0.15, 0.2) is 11.5 Å². The number of rotatable bonds is 2. The monoisotopic (exact) mass is 275 g/mol. The zero-order chi connectivity index (χ0) is 13.9. The van der Waals surface area contributed by atoms with Gasteiger partial charge in [-0.2, -0.15) is 0 Å². The van der Waals surface area contributed by atoms with Gasteiger partial charge in [-0.1, -0.05) is 12.8 Å². The molecule has 1 aliphatic heterocycles. The second-order valence-corrected chi connectivity index (χ2v) is 5.56. The van der Waals surface area contributed by atoms with Gasteiger partial charge in [-0.15, -0.1) is 0 Å². The molecular weight excluding hydrogens is 254 g/mol. The van der Waals surface area contributed by atoms with Crippen LogP contribution in [0.3, 0.4) is 0 Å². The Morgan fingerprint density at radius 1 is 1.10 bits per heavy atom. The Hall–Kier alpha value is -1.69. The highest BCUT2D eigenvalue weighted by Gasteiger charge is 2.29. The minimum Gasteiger partial charge on any atom is -0.382 e. The van der Waals surface area contributed by atoms with Crippen LogP contribution in [0.5, 0.6) is 0 Å². The van der Waals surface area contributed by atoms with Gasteiger partial charge < -0.3 is 10.6 Å². The fraction of sp³-hybridized carbons (Fsp3) is 0.643. The number of piperazine rings is 1. The maximum atomic E-state index is 12.4. The molecule has 1 saturated carbocycles. The Morgan fingerprint density at radius 2 is 1.75 bits per heavy atom. The highest BCUT2D eigenvalue weighted by atomic mass is 16.2. The van der Waals surface area contributed by atoms with Crippen molar-refractivity contribution >= 4 is 11.7 Å². The molecule has 1 aliphatic carbocycles. The Kier molecular flexibility index (Phi) is 3.82. The lowest BCUT2D eigenvalue weighted by Gasteiger charge is -2.37. The fourth-order valence-electron chi connectivity index (χ4n) is 3.22. The first-order valence-corrected chi connectivity index (χ1v) is 7.35. The number of carbonyl (C=O) groups excluding carboxylic acids is 1. The number of nitrogen functional groups attached to an aromatic ring is 1. The predicted octanol–water partition coefficient (Wildman–Crippen LogP) is 0.759. The van der Waals surface area contributed by atoms with Crippen LogP contribution < -0.4 is 5.73 Å². The van der Waals surface area contributed by atoms with Crippen molar-refractivity contribution in [3.63, 3.8) is 0 Å². The van der Waals surface area contributed by atoms with Gasteiger partial charge >= 0.3 is 0 Å². The third kappa shape index (κ3) is 2.60. The molecule has 2 fully saturated rings. The van der Waals surface area contributed by atoms with E-state index in [0.717, 1.165) is 32.2 Å². The van der Waals surface area contributed by atoms with Crippen LogP contribution in [-0.2, 0) is 0 Å². The van der Waals surface area contributed by atoms with Crippen molar-refractivity contribution in [1.29, 1.82) is 0 Å². The summed E-state index contributed by atoms with van der Waals surface area (Å²) in [5, 5.41) is 0. The van der Waals surface area contributed by atoms with Gasteiger partial charge in [-0.25, -0.2) is 9.97 Å². The van der Waals surface area contributed by atoms with E-state index in [0.29, 0.717) is 0 Å². The third-order valence-electron chi connectivity index (χ3n) is 4.37. The highest BCUT2D eigenvalue weighted by Crippen LogP contribution is 2.24. The van der Waals surface area contributed by atoms with Crippen molar-refractivity contribution in [1.82, 2.24) is 19.8 Å². The van der Waals surface area contributed by atoms with Crippen molar-refractivity contribution in [2.24, 2.45) is 0 Å². The average Bonchev–Trinajstić information content (AvgIpc) is 3.01. The summed E-state index contributed by atoms with van der Waals surface area (Å²) in [5.41, 5.74) is 6.00. The summed E-state index contributed by atoms with van der Waals surface area (Å²) in [6.07, 6.45) is 8.33. The van der Waals surface area contributed by atoms with E-state index < -0.39 is 0 Å². The van der Waals surface area contributed by atoms with Crippen molar-refractivity contribution < 1.29 is 4.79 Å². The van der Waals surface area contributed by atoms with E-state index in [4.69, 9.17) is 5.73 Å². The second-order valence-electron chi connectivity index (χ2n) is 5.56. The normalized spacial score (nSPS) is 21.3. The average molecular weight is 275 g/mol. The largest absolute Gasteiger partial charge is 0.382 e. The van der Waals surface area contributed by atoms with Gasteiger partial charge in [0.2, 0.25) is 0 Å². The van der Waals surface area contributed by atoms with Crippen molar-refractivity contribution in [2.75, 3.05) is 31.9 Å². The number of hydrogen-bond donors (Lipinski definition) is 1. The zero-order valence-electron chi connectivity index (χ0n) is 11.7. The van der Waals surface area contributed by atoms with Gasteiger partial charge in [-0.3, -0.25) is 9.69 Å². The third-order valence-corrected chi connectivity index (χ3v) is 4.37. The molecular formula is C14H21N5O. The number of nitrogens with two attached hydrogens (primary N) is 1. The first-order chi connectivity index (χ1) is 9.75. The van der Waals surface area contributed by atoms with Gasteiger partial charge in [0.25, 0.3) is 5.91 Å². The molecule has 0 atom stereocenters. The summed E-state index contributed by atoms with van der Waals surface area (Å²) in [5.74, 6) is 0.123. The van der Waals surface area contributed by atoms with E-state index in [-0.39, 0.29) is 17.4 Å². The molecule has 20 heavy (non-hydrogen) atoms. The standard InChI is InChI=1S/C14H21N5O/c15-13-12(16-5-6-17-13)14(20)19-9-7-18(8-10-19)11-3-1-2-4-11/h5-6,11H,1-4,7-10H2,(H2,15,17). The topological polar surface area (TPSA) is 75.3 Å². The fourth-order valence-corrected chi connectivity index (χ4v) is 3.22. The lowest BCUT2D eigenvalue weighted by Crippen LogP contribution is -2.51. The predicted molar refractivity (Wildman–Crippen MR) is 76.2 cm³/mol. The van der Waals surface area contributed by atoms with Crippen LogP contribution in [-0.4, -0.2) is 57.9 Å². The molecule has 0 unspecified atom stereocenters. The molecule has 1 amide bonds. The Bertz CT molecular complexity index is 478. The van der Waals surface area contributed by atoms with Crippen LogP contribution in [0.15, 0.2) is 12.4 Å². The summed E-state index contributed by atoms with van der Waals surface area (Å²) < 4.78 is 0. The van der Waals surface area contributed by atoms with E-state index in [1.54, 1.807) is 0 Å². The van der Waals surface area contributed by atoms with E-state index in [2.05, 4.69) is 14.9 Å². The first-order valence-electron chi connectivity index (χ1n) is 7.35. The van der Waals surface area contributed by atoms with Crippen LogP contribution in [0, 0.1) is 0 Å². The molecule has 0 radical (unpaired) electrons. The van der Waals surface area contributed by atoms with Crippen molar-refractivity contribution in [3.05, 3.63) is 18.1 Å². The van der Waals surface area contributed by atoms with E-state index in [1.165, 1.54) is 38.1 Å². The van der Waals surface area contributed by atoms with Crippen LogP contribution in [0.2, 0.25) is 0 Å². The minimum absolute atomic E-state index is 0.0957. The zero-order valence-corrected chi connectivity index (χ0v) is 11.7. The van der Waals surface area contributed by atoms with E-state index >= 15 is 0 Å². The molecule has 108 valence electrons. The smallest absolute Gasteiger partial charge is 0.276 e. The summed E-state index contributed by atoms with van der Waals surface area (Å²) in [7, 11) is 0. The summed E-state index contributed by atoms with van der Waals surface area (Å²) in [6.45, 7) is 3.42. The lowest BCUT2D eigenvalue weighted by atomic mass is 10.1. The SMILES string of the molecule is Nc1nccnc1C(=O)N1CCN(C2CCCC2)CC1. The van der Waals surface area contributed by atoms with Gasteiger partial charge in [0, 0.05) is 44.6 Å². The molecule has 1 saturated heterocycles. The van der Waals surface area contributed by atoms with Gasteiger partial charge in [0.1, 0.15) is 0 Å². The maximum Gasteiger partial charge on any atom is 0.276 e. The Labute approximate surface area is 119 Å². The molecule has 2 N–H and O–H groups in total. The number of amides is 1. The lowest BCUT2D eigenvalue weighted by molar-refractivity contribution is 0.0568. The summed E-state index contributed by atoms with van der Waals surface area (Å²) in [4.78, 5) is 24.7. The molecule has 1 aromatic rings. The van der Waals surface area contributed by atoms with E-state index in [9.17, 15) is 4.79 Å². The van der Waals surface area contributed by atoms with Crippen molar-refractivity contribution in [2.45, 2.75) is 31.7 Å². The van der Waals surface area contributed by atoms with Crippen LogP contribution in [0.25, 0.3) is 0 Å². The minimum atomic E-state index is -0.0957. The molecule has 6 heteroatoms. The maximum absolute atomic E-state index is 12.4. The van der Waals surface area contributed by atoms with Gasteiger partial charge in [-0.05, 0) is 12.8 Å². The molecule has 6 nitrogen and oxygen atoms in total. The molecule has 0 bridgehead atoms. The molecule has 0 spiro atoms. The van der Waals surface area contributed by atoms with Crippen LogP contribution >= 0.6 is 0 Å². The summed E-state index contributed by atoms with van der Waals surface area (Å²) >= 11 is 0. The Balaban J connectivity index is 1.60. The van der Waals surface area contributed by atoms with Crippen molar-refractivity contribution in [3.8, 4) is 0 Å². The highest BCUT2D eigenvalue weighted by molar-refractivity contribution is 5.96. The number of aromatic nitrogens is 2.